The summed E-state index contributed by atoms with van der Waals surface area (Å²) in [4.78, 5) is 11.2. The molecule has 1 rings (SSSR count). The van der Waals surface area contributed by atoms with Gasteiger partial charge in [0.05, 0.1) is 0 Å². The summed E-state index contributed by atoms with van der Waals surface area (Å²) >= 11 is 0. The van der Waals surface area contributed by atoms with E-state index in [1.807, 2.05) is 38.1 Å². The zero-order valence-corrected chi connectivity index (χ0v) is 11.6. The van der Waals surface area contributed by atoms with Crippen molar-refractivity contribution >= 4 is 11.7 Å². The minimum Gasteiger partial charge on any atom is -0.480 e. The first-order valence-electron chi connectivity index (χ1n) is 6.49. The summed E-state index contributed by atoms with van der Waals surface area (Å²) in [6, 6.07) is 7.47. The molecule has 0 saturated heterocycles. The molecular weight excluding hydrogens is 226 g/mol. The maximum Gasteiger partial charge on any atom is 0.326 e. The van der Waals surface area contributed by atoms with Crippen LogP contribution in [0.15, 0.2) is 24.3 Å². The van der Waals surface area contributed by atoms with Gasteiger partial charge < -0.3 is 10.4 Å². The molecule has 0 aliphatic rings. The molecule has 0 aromatic heterocycles. The van der Waals surface area contributed by atoms with Gasteiger partial charge in [0.25, 0.3) is 0 Å². The molecular formula is C15H23NO2. The number of aliphatic carboxylic acids is 1. The summed E-state index contributed by atoms with van der Waals surface area (Å²) in [5.41, 5.74) is 2.13. The Labute approximate surface area is 109 Å². The predicted octanol–water partition coefficient (Wildman–Crippen LogP) is 3.72. The first-order chi connectivity index (χ1) is 8.40. The Bertz CT molecular complexity index is 382. The van der Waals surface area contributed by atoms with Crippen LogP contribution < -0.4 is 5.32 Å². The van der Waals surface area contributed by atoms with E-state index in [0.29, 0.717) is 18.3 Å². The number of rotatable bonds is 6. The highest BCUT2D eigenvalue weighted by Gasteiger charge is 2.18. The molecule has 100 valence electrons. The van der Waals surface area contributed by atoms with Crippen LogP contribution in [0.5, 0.6) is 0 Å². The number of hydrogen-bond acceptors (Lipinski definition) is 2. The molecule has 1 aromatic carbocycles. The molecule has 0 amide bonds. The molecule has 2 N–H and O–H groups in total. The molecule has 3 nitrogen and oxygen atoms in total. The highest BCUT2D eigenvalue weighted by molar-refractivity contribution is 5.77. The zero-order valence-electron chi connectivity index (χ0n) is 11.6. The third-order valence-electron chi connectivity index (χ3n) is 2.92. The molecule has 1 unspecified atom stereocenters. The summed E-state index contributed by atoms with van der Waals surface area (Å²) in [6.45, 7) is 8.33. The van der Waals surface area contributed by atoms with Crippen LogP contribution in [-0.4, -0.2) is 17.1 Å². The van der Waals surface area contributed by atoms with Gasteiger partial charge in [0, 0.05) is 5.69 Å². The smallest absolute Gasteiger partial charge is 0.326 e. The van der Waals surface area contributed by atoms with Crippen LogP contribution in [0, 0.1) is 5.92 Å². The molecule has 1 aromatic rings. The van der Waals surface area contributed by atoms with Gasteiger partial charge in [-0.25, -0.2) is 4.79 Å². The number of benzene rings is 1. The number of carbonyl (C=O) groups is 1. The maximum atomic E-state index is 11.2. The van der Waals surface area contributed by atoms with Gasteiger partial charge in [0.15, 0.2) is 0 Å². The first-order valence-corrected chi connectivity index (χ1v) is 6.49. The van der Waals surface area contributed by atoms with Crippen molar-refractivity contribution in [3.05, 3.63) is 29.8 Å². The molecule has 18 heavy (non-hydrogen) atoms. The zero-order chi connectivity index (χ0) is 13.7. The second kappa shape index (κ2) is 6.43. The van der Waals surface area contributed by atoms with Crippen molar-refractivity contribution in [1.82, 2.24) is 0 Å². The molecule has 0 radical (unpaired) electrons. The number of hydrogen-bond donors (Lipinski definition) is 2. The monoisotopic (exact) mass is 249 g/mol. The van der Waals surface area contributed by atoms with Gasteiger partial charge >= 0.3 is 5.97 Å². The minimum atomic E-state index is -0.795. The van der Waals surface area contributed by atoms with Gasteiger partial charge in [0.1, 0.15) is 6.04 Å². The fraction of sp³-hybridized carbons (Fsp3) is 0.533. The molecule has 0 heterocycles. The van der Waals surface area contributed by atoms with Gasteiger partial charge in [-0.1, -0.05) is 39.8 Å². The highest BCUT2D eigenvalue weighted by atomic mass is 16.4. The predicted molar refractivity (Wildman–Crippen MR) is 75.0 cm³/mol. The van der Waals surface area contributed by atoms with Crippen molar-refractivity contribution < 1.29 is 9.90 Å². The Kier molecular flexibility index (Phi) is 5.20. The fourth-order valence-corrected chi connectivity index (χ4v) is 1.86. The van der Waals surface area contributed by atoms with Crippen molar-refractivity contribution in [2.24, 2.45) is 5.92 Å². The Balaban J connectivity index is 2.72. The standard InChI is InChI=1S/C15H23NO2/c1-10(2)9-14(15(17)18)16-13-7-5-12(6-8-13)11(3)4/h5-8,10-11,14,16H,9H2,1-4H3,(H,17,18). The van der Waals surface area contributed by atoms with E-state index in [1.165, 1.54) is 5.56 Å². The van der Waals surface area contributed by atoms with E-state index >= 15 is 0 Å². The molecule has 0 spiro atoms. The lowest BCUT2D eigenvalue weighted by Crippen LogP contribution is -2.30. The van der Waals surface area contributed by atoms with Gasteiger partial charge in [-0.15, -0.1) is 0 Å². The van der Waals surface area contributed by atoms with Gasteiger partial charge in [-0.2, -0.15) is 0 Å². The molecule has 0 saturated carbocycles. The van der Waals surface area contributed by atoms with Crippen molar-refractivity contribution in [3.63, 3.8) is 0 Å². The quantitative estimate of drug-likeness (QED) is 0.807. The minimum absolute atomic E-state index is 0.355. The second-order valence-electron chi connectivity index (χ2n) is 5.44. The van der Waals surface area contributed by atoms with Gasteiger partial charge in [0.2, 0.25) is 0 Å². The number of carboxylic acids is 1. The van der Waals surface area contributed by atoms with Crippen LogP contribution in [0.1, 0.15) is 45.6 Å². The van der Waals surface area contributed by atoms with Crippen LogP contribution in [-0.2, 0) is 4.79 Å². The molecule has 1 atom stereocenters. The Morgan fingerprint density at radius 3 is 2.11 bits per heavy atom. The summed E-state index contributed by atoms with van der Waals surface area (Å²) < 4.78 is 0. The SMILES string of the molecule is CC(C)CC(Nc1ccc(C(C)C)cc1)C(=O)O. The van der Waals surface area contributed by atoms with Crippen LogP contribution in [0.25, 0.3) is 0 Å². The normalized spacial score (nSPS) is 12.8. The Morgan fingerprint density at radius 2 is 1.72 bits per heavy atom. The first kappa shape index (κ1) is 14.6. The summed E-state index contributed by atoms with van der Waals surface area (Å²) in [5, 5.41) is 12.2. The Morgan fingerprint density at radius 1 is 1.17 bits per heavy atom. The van der Waals surface area contributed by atoms with E-state index in [-0.39, 0.29) is 0 Å². The van der Waals surface area contributed by atoms with Crippen LogP contribution in [0.3, 0.4) is 0 Å². The summed E-state index contributed by atoms with van der Waals surface area (Å²) in [7, 11) is 0. The van der Waals surface area contributed by atoms with Crippen molar-refractivity contribution in [2.75, 3.05) is 5.32 Å². The molecule has 0 aliphatic carbocycles. The second-order valence-corrected chi connectivity index (χ2v) is 5.44. The number of nitrogens with one attached hydrogen (secondary N) is 1. The highest BCUT2D eigenvalue weighted by Crippen LogP contribution is 2.19. The molecule has 0 bridgehead atoms. The number of carboxylic acid groups (broad SMARTS) is 1. The fourth-order valence-electron chi connectivity index (χ4n) is 1.86. The topological polar surface area (TPSA) is 49.3 Å². The summed E-state index contributed by atoms with van der Waals surface area (Å²) in [6.07, 6.45) is 0.626. The van der Waals surface area contributed by atoms with Crippen molar-refractivity contribution in [1.29, 1.82) is 0 Å². The van der Waals surface area contributed by atoms with Crippen LogP contribution in [0.4, 0.5) is 5.69 Å². The van der Waals surface area contributed by atoms with E-state index in [0.717, 1.165) is 5.69 Å². The lowest BCUT2D eigenvalue weighted by Gasteiger charge is -2.18. The van der Waals surface area contributed by atoms with E-state index in [9.17, 15) is 4.79 Å². The Hall–Kier alpha value is -1.51. The van der Waals surface area contributed by atoms with Crippen LogP contribution >= 0.6 is 0 Å². The lowest BCUT2D eigenvalue weighted by atomic mass is 10.0. The van der Waals surface area contributed by atoms with Gasteiger partial charge in [-0.3, -0.25) is 0 Å². The van der Waals surface area contributed by atoms with E-state index in [4.69, 9.17) is 5.11 Å². The third kappa shape index (κ3) is 4.40. The van der Waals surface area contributed by atoms with Crippen molar-refractivity contribution in [2.45, 2.75) is 46.1 Å². The lowest BCUT2D eigenvalue weighted by molar-refractivity contribution is -0.138. The van der Waals surface area contributed by atoms with Crippen LogP contribution in [0.2, 0.25) is 0 Å². The van der Waals surface area contributed by atoms with E-state index < -0.39 is 12.0 Å². The average molecular weight is 249 g/mol. The maximum absolute atomic E-state index is 11.2. The molecule has 3 heteroatoms. The van der Waals surface area contributed by atoms with Crippen molar-refractivity contribution in [3.8, 4) is 0 Å². The number of anilines is 1. The third-order valence-corrected chi connectivity index (χ3v) is 2.92. The molecule has 0 aliphatic heterocycles. The largest absolute Gasteiger partial charge is 0.480 e. The average Bonchev–Trinajstić information content (AvgIpc) is 2.28. The van der Waals surface area contributed by atoms with E-state index in [2.05, 4.69) is 19.2 Å². The van der Waals surface area contributed by atoms with E-state index in [1.54, 1.807) is 0 Å². The van der Waals surface area contributed by atoms with Gasteiger partial charge in [-0.05, 0) is 36.0 Å². The molecule has 0 fully saturated rings. The summed E-state index contributed by atoms with van der Waals surface area (Å²) in [5.74, 6) is 0.0511.